The SMILES string of the molecule is CC1=CC(=O)C2=C(CC3C(=CCC4C(=O)N(CCC(=O)O)C(=O)C43)C2c2cc(OC(F)(F)F)ccc2O)C1=O. The van der Waals surface area contributed by atoms with Crippen molar-refractivity contribution in [1.82, 2.24) is 4.90 Å². The third-order valence-electron chi connectivity index (χ3n) is 7.75. The van der Waals surface area contributed by atoms with E-state index in [1.54, 1.807) is 6.08 Å². The third kappa shape index (κ3) is 4.43. The highest BCUT2D eigenvalue weighted by molar-refractivity contribution is 6.23. The number of alkyl halides is 3. The number of phenolic OH excluding ortho intramolecular Hbond substituents is 1. The summed E-state index contributed by atoms with van der Waals surface area (Å²) in [5, 5.41) is 19.8. The number of aliphatic carboxylic acids is 1. The first-order valence-corrected chi connectivity index (χ1v) is 12.1. The number of carbonyl (C=O) groups is 5. The Morgan fingerprint density at radius 3 is 2.51 bits per heavy atom. The van der Waals surface area contributed by atoms with Gasteiger partial charge in [0.2, 0.25) is 11.8 Å². The van der Waals surface area contributed by atoms with Crippen LogP contribution in [0.1, 0.15) is 37.7 Å². The predicted molar refractivity (Wildman–Crippen MR) is 125 cm³/mol. The second-order valence-electron chi connectivity index (χ2n) is 9.97. The van der Waals surface area contributed by atoms with E-state index < -0.39 is 77.3 Å². The Balaban J connectivity index is 1.64. The number of hydrogen-bond donors (Lipinski definition) is 2. The number of ketones is 2. The number of Topliss-reactive ketones (excluding diaryl/α,β-unsaturated/α-hetero) is 1. The topological polar surface area (TPSA) is 138 Å². The van der Waals surface area contributed by atoms with Crippen molar-refractivity contribution >= 4 is 29.4 Å². The normalized spacial score (nSPS) is 26.6. The highest BCUT2D eigenvalue weighted by Crippen LogP contribution is 2.56. The number of phenols is 1. The summed E-state index contributed by atoms with van der Waals surface area (Å²) in [5.74, 6) is -8.20. The lowest BCUT2D eigenvalue weighted by atomic mass is 9.59. The molecule has 4 unspecified atom stereocenters. The van der Waals surface area contributed by atoms with Crippen LogP contribution in [0.15, 0.2) is 52.6 Å². The summed E-state index contributed by atoms with van der Waals surface area (Å²) in [5.41, 5.74) is 0.508. The molecule has 3 aliphatic carbocycles. The molecule has 1 aromatic rings. The monoisotopic (exact) mass is 545 g/mol. The molecular weight excluding hydrogens is 523 g/mol. The molecule has 5 rings (SSSR count). The number of nitrogens with zero attached hydrogens (tertiary/aromatic N) is 1. The minimum Gasteiger partial charge on any atom is -0.508 e. The van der Waals surface area contributed by atoms with Crippen molar-refractivity contribution in [2.45, 2.75) is 38.5 Å². The van der Waals surface area contributed by atoms with Gasteiger partial charge in [0.15, 0.2) is 11.6 Å². The number of amides is 2. The number of likely N-dealkylation sites (tertiary alicyclic amines) is 1. The van der Waals surface area contributed by atoms with E-state index in [4.69, 9.17) is 5.11 Å². The molecule has 1 saturated heterocycles. The lowest BCUT2D eigenvalue weighted by molar-refractivity contribution is -0.274. The quantitative estimate of drug-likeness (QED) is 0.327. The van der Waals surface area contributed by atoms with E-state index in [1.165, 1.54) is 6.92 Å². The van der Waals surface area contributed by atoms with Crippen molar-refractivity contribution in [3.05, 3.63) is 58.2 Å². The second-order valence-corrected chi connectivity index (χ2v) is 9.97. The van der Waals surface area contributed by atoms with Crippen LogP contribution in [-0.4, -0.2) is 57.4 Å². The Bertz CT molecular complexity index is 1440. The lowest BCUT2D eigenvalue weighted by Crippen LogP contribution is -2.40. The molecule has 4 atom stereocenters. The summed E-state index contributed by atoms with van der Waals surface area (Å²) in [6.07, 6.45) is -2.73. The molecule has 1 heterocycles. The van der Waals surface area contributed by atoms with Crippen molar-refractivity contribution in [1.29, 1.82) is 0 Å². The maximum Gasteiger partial charge on any atom is 0.573 e. The van der Waals surface area contributed by atoms with Crippen LogP contribution in [0, 0.1) is 17.8 Å². The molecule has 1 aromatic carbocycles. The van der Waals surface area contributed by atoms with Gasteiger partial charge < -0.3 is 14.9 Å². The Morgan fingerprint density at radius 1 is 1.13 bits per heavy atom. The molecular formula is C27H22F3NO8. The molecule has 4 aliphatic rings. The Kier molecular flexibility index (Phi) is 6.23. The standard InChI is InChI=1S/C27H22F3NO8/c1-11-8-19(33)23-17(24(11)36)10-15-13(21(23)16-9-12(2-5-18(16)32)39-27(28,29)30)3-4-14-22(15)26(38)31(25(14)37)7-6-20(34)35/h2-3,5,8-9,14-15,21-22,32H,4,6-7,10H2,1H3,(H,34,35). The van der Waals surface area contributed by atoms with E-state index in [9.17, 15) is 42.3 Å². The number of imide groups is 1. The predicted octanol–water partition coefficient (Wildman–Crippen LogP) is 3.20. The van der Waals surface area contributed by atoms with Crippen molar-refractivity contribution < 1.29 is 52.1 Å². The first-order valence-electron chi connectivity index (χ1n) is 12.1. The smallest absolute Gasteiger partial charge is 0.508 e. The Hall–Kier alpha value is -4.22. The minimum absolute atomic E-state index is 0.00878. The Labute approximate surface area is 219 Å². The number of carboxylic acids is 1. The summed E-state index contributed by atoms with van der Waals surface area (Å²) < 4.78 is 42.9. The van der Waals surface area contributed by atoms with Gasteiger partial charge >= 0.3 is 12.3 Å². The van der Waals surface area contributed by atoms with Gasteiger partial charge in [0.05, 0.1) is 18.3 Å². The van der Waals surface area contributed by atoms with E-state index in [0.29, 0.717) is 5.57 Å². The summed E-state index contributed by atoms with van der Waals surface area (Å²) in [7, 11) is 0. The van der Waals surface area contributed by atoms with E-state index >= 15 is 0 Å². The molecule has 0 radical (unpaired) electrons. The number of ether oxygens (including phenoxy) is 1. The van der Waals surface area contributed by atoms with Crippen molar-refractivity contribution in [2.24, 2.45) is 17.8 Å². The molecule has 0 spiro atoms. The number of rotatable bonds is 5. The van der Waals surface area contributed by atoms with Gasteiger partial charge in [-0.2, -0.15) is 0 Å². The number of carboxylic acid groups (broad SMARTS) is 1. The molecule has 0 bridgehead atoms. The molecule has 9 nitrogen and oxygen atoms in total. The highest BCUT2D eigenvalue weighted by Gasteiger charge is 2.56. The summed E-state index contributed by atoms with van der Waals surface area (Å²) >= 11 is 0. The fraction of sp³-hybridized carbons (Fsp3) is 0.370. The average molecular weight is 545 g/mol. The molecule has 204 valence electrons. The van der Waals surface area contributed by atoms with E-state index in [2.05, 4.69) is 4.74 Å². The largest absolute Gasteiger partial charge is 0.573 e. The van der Waals surface area contributed by atoms with E-state index in [-0.39, 0.29) is 41.7 Å². The van der Waals surface area contributed by atoms with Gasteiger partial charge in [-0.1, -0.05) is 11.6 Å². The van der Waals surface area contributed by atoms with Crippen LogP contribution >= 0.6 is 0 Å². The molecule has 2 N–H and O–H groups in total. The number of allylic oxidation sites excluding steroid dienone is 6. The third-order valence-corrected chi connectivity index (χ3v) is 7.75. The van der Waals surface area contributed by atoms with Crippen molar-refractivity contribution in [3.63, 3.8) is 0 Å². The fourth-order valence-electron chi connectivity index (χ4n) is 6.19. The van der Waals surface area contributed by atoms with Crippen LogP contribution in [0.3, 0.4) is 0 Å². The van der Waals surface area contributed by atoms with Crippen LogP contribution in [0.2, 0.25) is 0 Å². The fourth-order valence-corrected chi connectivity index (χ4v) is 6.19. The van der Waals surface area contributed by atoms with Gasteiger partial charge in [0, 0.05) is 34.7 Å². The first-order chi connectivity index (χ1) is 18.3. The summed E-state index contributed by atoms with van der Waals surface area (Å²) in [4.78, 5) is 64.9. The number of halogens is 3. The van der Waals surface area contributed by atoms with Crippen LogP contribution in [-0.2, 0) is 24.0 Å². The number of aromatic hydroxyl groups is 1. The zero-order chi connectivity index (χ0) is 28.4. The van der Waals surface area contributed by atoms with Crippen LogP contribution in [0.5, 0.6) is 11.5 Å². The number of fused-ring (bicyclic) bond motifs is 3. The summed E-state index contributed by atoms with van der Waals surface area (Å²) in [6, 6.07) is 2.84. The molecule has 0 aromatic heterocycles. The Morgan fingerprint density at radius 2 is 1.85 bits per heavy atom. The van der Waals surface area contributed by atoms with Crippen LogP contribution in [0.25, 0.3) is 0 Å². The van der Waals surface area contributed by atoms with Gasteiger partial charge in [-0.05, 0) is 50.0 Å². The second kappa shape index (κ2) is 9.21. The van der Waals surface area contributed by atoms with Crippen molar-refractivity contribution in [3.8, 4) is 11.5 Å². The number of hydrogen-bond acceptors (Lipinski definition) is 7. The van der Waals surface area contributed by atoms with Gasteiger partial charge in [-0.3, -0.25) is 28.9 Å². The number of benzene rings is 1. The average Bonchev–Trinajstić information content (AvgIpc) is 3.09. The number of carbonyl (C=O) groups excluding carboxylic acids is 4. The first kappa shape index (κ1) is 26.4. The van der Waals surface area contributed by atoms with Gasteiger partial charge in [-0.25, -0.2) is 0 Å². The molecule has 0 saturated carbocycles. The van der Waals surface area contributed by atoms with E-state index in [1.807, 2.05) is 0 Å². The van der Waals surface area contributed by atoms with Crippen LogP contribution in [0.4, 0.5) is 13.2 Å². The lowest BCUT2D eigenvalue weighted by Gasteiger charge is -2.42. The molecule has 39 heavy (non-hydrogen) atoms. The van der Waals surface area contributed by atoms with Crippen LogP contribution < -0.4 is 4.74 Å². The zero-order valence-electron chi connectivity index (χ0n) is 20.4. The molecule has 2 amide bonds. The maximum absolute atomic E-state index is 13.4. The minimum atomic E-state index is -5.03. The molecule has 12 heteroatoms. The molecule has 1 aliphatic heterocycles. The van der Waals surface area contributed by atoms with Gasteiger partial charge in [0.1, 0.15) is 11.5 Å². The van der Waals surface area contributed by atoms with Crippen molar-refractivity contribution in [2.75, 3.05) is 6.54 Å². The maximum atomic E-state index is 13.4. The van der Waals surface area contributed by atoms with Gasteiger partial charge in [0.25, 0.3) is 0 Å². The zero-order valence-corrected chi connectivity index (χ0v) is 20.4. The summed E-state index contributed by atoms with van der Waals surface area (Å²) in [6.45, 7) is 1.12. The highest BCUT2D eigenvalue weighted by atomic mass is 19.4. The van der Waals surface area contributed by atoms with Gasteiger partial charge in [-0.15, -0.1) is 13.2 Å². The van der Waals surface area contributed by atoms with E-state index in [0.717, 1.165) is 29.2 Å². The molecule has 1 fully saturated rings.